The summed E-state index contributed by atoms with van der Waals surface area (Å²) in [5.41, 5.74) is 2.15. The third kappa shape index (κ3) is 3.20. The standard InChI is InChI=1S/C23H17NO2/c25-23(19-12-5-2-6-13-19)26-22(18-10-3-1-4-11-18)21-20-14-8-7-9-17(20)15-16-24-21/h1-16,22H. The van der Waals surface area contributed by atoms with E-state index in [2.05, 4.69) is 4.98 Å². The van der Waals surface area contributed by atoms with Crippen molar-refractivity contribution in [1.29, 1.82) is 0 Å². The van der Waals surface area contributed by atoms with Gasteiger partial charge >= 0.3 is 5.97 Å². The van der Waals surface area contributed by atoms with Gasteiger partial charge in [-0.15, -0.1) is 0 Å². The summed E-state index contributed by atoms with van der Waals surface area (Å²) in [7, 11) is 0. The van der Waals surface area contributed by atoms with Crippen LogP contribution in [0.3, 0.4) is 0 Å². The molecule has 3 heteroatoms. The lowest BCUT2D eigenvalue weighted by molar-refractivity contribution is 0.0373. The zero-order valence-electron chi connectivity index (χ0n) is 14.1. The molecular weight excluding hydrogens is 322 g/mol. The molecule has 1 atom stereocenters. The van der Waals surface area contributed by atoms with Gasteiger partial charge in [-0.05, 0) is 29.1 Å². The molecule has 1 heterocycles. The highest BCUT2D eigenvalue weighted by Crippen LogP contribution is 2.30. The van der Waals surface area contributed by atoms with Crippen molar-refractivity contribution in [2.75, 3.05) is 0 Å². The molecule has 0 saturated heterocycles. The van der Waals surface area contributed by atoms with Crippen LogP contribution in [0.4, 0.5) is 0 Å². The first-order valence-corrected chi connectivity index (χ1v) is 8.47. The van der Waals surface area contributed by atoms with Crippen molar-refractivity contribution in [2.24, 2.45) is 0 Å². The van der Waals surface area contributed by atoms with Crippen LogP contribution in [-0.4, -0.2) is 11.0 Å². The third-order valence-corrected chi connectivity index (χ3v) is 4.29. The molecule has 0 aliphatic rings. The Morgan fingerprint density at radius 3 is 2.19 bits per heavy atom. The van der Waals surface area contributed by atoms with E-state index < -0.39 is 6.10 Å². The molecule has 0 amide bonds. The number of hydrogen-bond donors (Lipinski definition) is 0. The smallest absolute Gasteiger partial charge is 0.339 e. The van der Waals surface area contributed by atoms with Crippen LogP contribution in [0.2, 0.25) is 0 Å². The van der Waals surface area contributed by atoms with Gasteiger partial charge in [-0.2, -0.15) is 0 Å². The van der Waals surface area contributed by atoms with Crippen LogP contribution >= 0.6 is 0 Å². The van der Waals surface area contributed by atoms with Crippen molar-refractivity contribution in [3.05, 3.63) is 114 Å². The summed E-state index contributed by atoms with van der Waals surface area (Å²) in [6.07, 6.45) is 1.18. The van der Waals surface area contributed by atoms with Gasteiger partial charge in [-0.3, -0.25) is 4.98 Å². The number of carbonyl (C=O) groups is 1. The van der Waals surface area contributed by atoms with E-state index in [0.717, 1.165) is 22.0 Å². The van der Waals surface area contributed by atoms with E-state index in [0.29, 0.717) is 5.56 Å². The minimum atomic E-state index is -0.574. The van der Waals surface area contributed by atoms with Gasteiger partial charge in [-0.25, -0.2) is 4.79 Å². The van der Waals surface area contributed by atoms with Crippen molar-refractivity contribution in [1.82, 2.24) is 4.98 Å². The Kier molecular flexibility index (Phi) is 4.44. The average molecular weight is 339 g/mol. The van der Waals surface area contributed by atoms with Crippen molar-refractivity contribution in [3.8, 4) is 0 Å². The second-order valence-electron chi connectivity index (χ2n) is 5.98. The molecule has 0 aliphatic carbocycles. The lowest BCUT2D eigenvalue weighted by Crippen LogP contribution is -2.14. The number of pyridine rings is 1. The maximum absolute atomic E-state index is 12.7. The van der Waals surface area contributed by atoms with Crippen molar-refractivity contribution >= 4 is 16.7 Å². The Hall–Kier alpha value is -3.46. The normalized spacial score (nSPS) is 11.8. The maximum atomic E-state index is 12.7. The summed E-state index contributed by atoms with van der Waals surface area (Å²) < 4.78 is 5.92. The quantitative estimate of drug-likeness (QED) is 0.481. The van der Waals surface area contributed by atoms with Crippen LogP contribution in [0.15, 0.2) is 97.2 Å². The predicted octanol–water partition coefficient (Wildman–Crippen LogP) is 5.18. The summed E-state index contributed by atoms with van der Waals surface area (Å²) in [6, 6.07) is 28.7. The first kappa shape index (κ1) is 16.0. The number of esters is 1. The van der Waals surface area contributed by atoms with Crippen molar-refractivity contribution < 1.29 is 9.53 Å². The van der Waals surface area contributed by atoms with E-state index in [-0.39, 0.29) is 5.97 Å². The largest absolute Gasteiger partial charge is 0.447 e. The lowest BCUT2D eigenvalue weighted by atomic mass is 10.0. The molecule has 0 saturated carbocycles. The van der Waals surface area contributed by atoms with Gasteiger partial charge in [0.15, 0.2) is 6.10 Å². The van der Waals surface area contributed by atoms with Crippen LogP contribution in [0.25, 0.3) is 10.8 Å². The Labute approximate surface area is 151 Å². The number of ether oxygens (including phenoxy) is 1. The highest BCUT2D eigenvalue weighted by atomic mass is 16.5. The molecule has 1 unspecified atom stereocenters. The predicted molar refractivity (Wildman–Crippen MR) is 102 cm³/mol. The Balaban J connectivity index is 1.80. The van der Waals surface area contributed by atoms with Gasteiger partial charge < -0.3 is 4.74 Å². The molecule has 4 rings (SSSR count). The first-order valence-electron chi connectivity index (χ1n) is 8.47. The zero-order valence-corrected chi connectivity index (χ0v) is 14.1. The summed E-state index contributed by atoms with van der Waals surface area (Å²) in [5, 5.41) is 2.04. The molecule has 0 aliphatic heterocycles. The van der Waals surface area contributed by atoms with Gasteiger partial charge in [0, 0.05) is 11.6 Å². The third-order valence-electron chi connectivity index (χ3n) is 4.29. The number of nitrogens with zero attached hydrogens (tertiary/aromatic N) is 1. The summed E-state index contributed by atoms with van der Waals surface area (Å²) >= 11 is 0. The summed E-state index contributed by atoms with van der Waals surface area (Å²) in [6.45, 7) is 0. The Morgan fingerprint density at radius 2 is 1.42 bits per heavy atom. The second-order valence-corrected chi connectivity index (χ2v) is 5.98. The first-order chi connectivity index (χ1) is 12.8. The number of carbonyl (C=O) groups excluding carboxylic acids is 1. The number of hydrogen-bond acceptors (Lipinski definition) is 3. The summed E-state index contributed by atoms with van der Waals surface area (Å²) in [4.78, 5) is 17.2. The van der Waals surface area contributed by atoms with Crippen LogP contribution in [0.1, 0.15) is 27.7 Å². The fourth-order valence-corrected chi connectivity index (χ4v) is 3.01. The topological polar surface area (TPSA) is 39.2 Å². The fourth-order valence-electron chi connectivity index (χ4n) is 3.01. The van der Waals surface area contributed by atoms with Gasteiger partial charge in [0.1, 0.15) is 0 Å². The van der Waals surface area contributed by atoms with Crippen molar-refractivity contribution in [3.63, 3.8) is 0 Å². The molecule has 3 aromatic carbocycles. The van der Waals surface area contributed by atoms with Crippen LogP contribution in [-0.2, 0) is 4.74 Å². The van der Waals surface area contributed by atoms with E-state index in [9.17, 15) is 4.79 Å². The molecule has 1 aromatic heterocycles. The second kappa shape index (κ2) is 7.19. The zero-order chi connectivity index (χ0) is 17.8. The van der Waals surface area contributed by atoms with Crippen LogP contribution in [0, 0.1) is 0 Å². The van der Waals surface area contributed by atoms with Gasteiger partial charge in [-0.1, -0.05) is 72.8 Å². The minimum Gasteiger partial charge on any atom is -0.447 e. The fraction of sp³-hybridized carbons (Fsp3) is 0.0435. The van der Waals surface area contributed by atoms with Gasteiger partial charge in [0.2, 0.25) is 0 Å². The molecule has 0 fully saturated rings. The number of benzene rings is 3. The average Bonchev–Trinajstić information content (AvgIpc) is 2.73. The molecule has 4 aromatic rings. The van der Waals surface area contributed by atoms with E-state index in [1.54, 1.807) is 18.3 Å². The lowest BCUT2D eigenvalue weighted by Gasteiger charge is -2.19. The van der Waals surface area contributed by atoms with E-state index in [4.69, 9.17) is 4.74 Å². The highest BCUT2D eigenvalue weighted by Gasteiger charge is 2.23. The van der Waals surface area contributed by atoms with Crippen LogP contribution in [0.5, 0.6) is 0 Å². The van der Waals surface area contributed by atoms with Gasteiger partial charge in [0.25, 0.3) is 0 Å². The van der Waals surface area contributed by atoms with E-state index in [1.165, 1.54) is 0 Å². The molecular formula is C23H17NO2. The number of fused-ring (bicyclic) bond motifs is 1. The molecule has 26 heavy (non-hydrogen) atoms. The van der Waals surface area contributed by atoms with Crippen molar-refractivity contribution in [2.45, 2.75) is 6.10 Å². The summed E-state index contributed by atoms with van der Waals surface area (Å²) in [5.74, 6) is -0.366. The van der Waals surface area contributed by atoms with E-state index >= 15 is 0 Å². The highest BCUT2D eigenvalue weighted by molar-refractivity contribution is 5.90. The molecule has 0 radical (unpaired) electrons. The molecule has 0 N–H and O–H groups in total. The monoisotopic (exact) mass is 339 g/mol. The van der Waals surface area contributed by atoms with Crippen LogP contribution < -0.4 is 0 Å². The maximum Gasteiger partial charge on any atom is 0.339 e. The number of rotatable bonds is 4. The number of aromatic nitrogens is 1. The van der Waals surface area contributed by atoms with Gasteiger partial charge in [0.05, 0.1) is 11.3 Å². The Bertz CT molecular complexity index is 1020. The molecule has 3 nitrogen and oxygen atoms in total. The molecule has 0 bridgehead atoms. The minimum absolute atomic E-state index is 0.366. The molecule has 0 spiro atoms. The molecule has 126 valence electrons. The SMILES string of the molecule is O=C(OC(c1ccccc1)c1nccc2ccccc12)c1ccccc1. The Morgan fingerprint density at radius 1 is 0.769 bits per heavy atom. The van der Waals surface area contributed by atoms with E-state index in [1.807, 2.05) is 78.9 Å².